The summed E-state index contributed by atoms with van der Waals surface area (Å²) in [7, 11) is 0. The van der Waals surface area contributed by atoms with Crippen molar-refractivity contribution in [2.24, 2.45) is 0 Å². The number of benzene rings is 1. The first-order valence-corrected chi connectivity index (χ1v) is 11.1. The van der Waals surface area contributed by atoms with Crippen LogP contribution in [0.4, 0.5) is 5.69 Å². The molecule has 0 atom stereocenters. The van der Waals surface area contributed by atoms with Crippen molar-refractivity contribution in [3.8, 4) is 10.6 Å². The number of hydrogen-bond acceptors (Lipinski definition) is 5. The second-order valence-electron chi connectivity index (χ2n) is 7.85. The van der Waals surface area contributed by atoms with E-state index in [1.807, 2.05) is 46.7 Å². The van der Waals surface area contributed by atoms with Crippen LogP contribution in [0, 0.1) is 6.92 Å². The van der Waals surface area contributed by atoms with Crippen molar-refractivity contribution < 1.29 is 9.32 Å². The van der Waals surface area contributed by atoms with Gasteiger partial charge in [0.1, 0.15) is 0 Å². The Bertz CT molecular complexity index is 1030. The minimum atomic E-state index is -0.493. The van der Waals surface area contributed by atoms with Crippen molar-refractivity contribution in [1.82, 2.24) is 10.1 Å². The highest BCUT2D eigenvalue weighted by Crippen LogP contribution is 2.50. The third-order valence-electron chi connectivity index (χ3n) is 6.00. The monoisotopic (exact) mass is 427 g/mol. The van der Waals surface area contributed by atoms with E-state index in [4.69, 9.17) is 16.1 Å². The fourth-order valence-corrected chi connectivity index (χ4v) is 4.96. The summed E-state index contributed by atoms with van der Waals surface area (Å²) < 4.78 is 5.54. The number of carbonyl (C=O) groups is 1. The molecule has 3 heterocycles. The molecule has 5 rings (SSSR count). The molecule has 1 saturated carbocycles. The number of aromatic nitrogens is 1. The fraction of sp³-hybridized carbons (Fsp3) is 0.364. The number of carbonyl (C=O) groups excluding carboxylic acids is 1. The molecule has 0 N–H and O–H groups in total. The Balaban J connectivity index is 1.29. The van der Waals surface area contributed by atoms with Crippen LogP contribution in [-0.4, -0.2) is 42.1 Å². The Kier molecular flexibility index (Phi) is 4.63. The van der Waals surface area contributed by atoms with Crippen molar-refractivity contribution in [3.05, 3.63) is 58.1 Å². The number of amides is 1. The third-order valence-corrected chi connectivity index (χ3v) is 7.12. The molecule has 1 saturated heterocycles. The summed E-state index contributed by atoms with van der Waals surface area (Å²) in [6, 6.07) is 11.9. The second kappa shape index (κ2) is 7.18. The molecule has 1 amide bonds. The average Bonchev–Trinajstić information content (AvgIpc) is 3.14. The van der Waals surface area contributed by atoms with Gasteiger partial charge in [-0.05, 0) is 48.9 Å². The number of aryl methyl sites for hydroxylation is 1. The zero-order valence-electron chi connectivity index (χ0n) is 16.2. The zero-order valence-corrected chi connectivity index (χ0v) is 17.8. The van der Waals surface area contributed by atoms with Gasteiger partial charge in [-0.25, -0.2) is 0 Å². The molecule has 2 aliphatic rings. The Labute approximate surface area is 178 Å². The number of piperazine rings is 1. The summed E-state index contributed by atoms with van der Waals surface area (Å²) >= 11 is 7.80. The summed E-state index contributed by atoms with van der Waals surface area (Å²) in [5, 5.41) is 7.02. The molecular formula is C22H22ClN3O2S. The molecule has 0 unspecified atom stereocenters. The highest BCUT2D eigenvalue weighted by atomic mass is 35.5. The van der Waals surface area contributed by atoms with Crippen molar-refractivity contribution in [3.63, 3.8) is 0 Å². The van der Waals surface area contributed by atoms with Crippen molar-refractivity contribution >= 4 is 34.5 Å². The quantitative estimate of drug-likeness (QED) is 0.603. The topological polar surface area (TPSA) is 49.6 Å². The van der Waals surface area contributed by atoms with Gasteiger partial charge in [-0.2, -0.15) is 0 Å². The van der Waals surface area contributed by atoms with Gasteiger partial charge in [0.25, 0.3) is 0 Å². The third kappa shape index (κ3) is 3.34. The minimum Gasteiger partial charge on any atom is -0.368 e. The lowest BCUT2D eigenvalue weighted by atomic mass is 9.99. The number of anilines is 1. The largest absolute Gasteiger partial charge is 0.368 e. The summed E-state index contributed by atoms with van der Waals surface area (Å²) in [5.41, 5.74) is 2.64. The molecule has 3 aromatic rings. The molecule has 7 heteroatoms. The van der Waals surface area contributed by atoms with E-state index in [1.165, 1.54) is 5.56 Å². The summed E-state index contributed by atoms with van der Waals surface area (Å²) in [5.74, 6) is 0.932. The summed E-state index contributed by atoms with van der Waals surface area (Å²) in [6.07, 6.45) is 1.69. The number of nitrogens with zero attached hydrogens (tertiary/aromatic N) is 3. The summed E-state index contributed by atoms with van der Waals surface area (Å²) in [4.78, 5) is 18.7. The number of thiophene rings is 1. The lowest BCUT2D eigenvalue weighted by Crippen LogP contribution is -2.51. The molecular weight excluding hydrogens is 406 g/mol. The van der Waals surface area contributed by atoms with E-state index in [1.54, 1.807) is 11.3 Å². The molecule has 1 aliphatic heterocycles. The fourth-order valence-electron chi connectivity index (χ4n) is 4.12. The predicted molar refractivity (Wildman–Crippen MR) is 116 cm³/mol. The van der Waals surface area contributed by atoms with Crippen LogP contribution in [-0.2, 0) is 10.2 Å². The predicted octanol–water partition coefficient (Wildman–Crippen LogP) is 4.75. The maximum absolute atomic E-state index is 13.4. The number of halogens is 1. The van der Waals surface area contributed by atoms with Gasteiger partial charge in [-0.3, -0.25) is 4.79 Å². The van der Waals surface area contributed by atoms with E-state index >= 15 is 0 Å². The summed E-state index contributed by atoms with van der Waals surface area (Å²) in [6.45, 7) is 5.13. The van der Waals surface area contributed by atoms with E-state index in [0.29, 0.717) is 13.1 Å². The zero-order chi connectivity index (χ0) is 20.0. The van der Waals surface area contributed by atoms with Gasteiger partial charge in [-0.1, -0.05) is 28.9 Å². The molecule has 29 heavy (non-hydrogen) atoms. The average molecular weight is 428 g/mol. The van der Waals surface area contributed by atoms with Crippen LogP contribution in [0.3, 0.4) is 0 Å². The first-order chi connectivity index (χ1) is 14.1. The van der Waals surface area contributed by atoms with E-state index in [9.17, 15) is 4.79 Å². The van der Waals surface area contributed by atoms with Crippen LogP contribution in [0.1, 0.15) is 24.1 Å². The van der Waals surface area contributed by atoms with Gasteiger partial charge in [0, 0.05) is 43.0 Å². The lowest BCUT2D eigenvalue weighted by molar-refractivity contribution is -0.134. The van der Waals surface area contributed by atoms with E-state index in [2.05, 4.69) is 17.0 Å². The van der Waals surface area contributed by atoms with E-state index < -0.39 is 5.41 Å². The molecule has 0 radical (unpaired) electrons. The molecule has 2 fully saturated rings. The maximum Gasteiger partial charge on any atom is 0.235 e. The van der Waals surface area contributed by atoms with Gasteiger partial charge < -0.3 is 14.3 Å². The highest BCUT2D eigenvalue weighted by molar-refractivity contribution is 7.13. The SMILES string of the molecule is Cc1ccc(Cl)cc1N1CCN(C(=O)C2(c3cc(-c4cccs4)on3)CC2)CC1. The van der Waals surface area contributed by atoms with E-state index in [-0.39, 0.29) is 5.91 Å². The first-order valence-electron chi connectivity index (χ1n) is 9.88. The Morgan fingerprint density at radius 1 is 1.17 bits per heavy atom. The van der Waals surface area contributed by atoms with Gasteiger partial charge in [0.2, 0.25) is 5.91 Å². The minimum absolute atomic E-state index is 0.186. The molecule has 0 spiro atoms. The van der Waals surface area contributed by atoms with Gasteiger partial charge in [0.15, 0.2) is 5.76 Å². The maximum atomic E-state index is 13.4. The van der Waals surface area contributed by atoms with Crippen LogP contribution in [0.15, 0.2) is 46.3 Å². The molecule has 1 aromatic carbocycles. The van der Waals surface area contributed by atoms with Crippen LogP contribution in [0.25, 0.3) is 10.6 Å². The normalized spacial score (nSPS) is 18.1. The highest BCUT2D eigenvalue weighted by Gasteiger charge is 2.55. The number of hydrogen-bond donors (Lipinski definition) is 0. The molecule has 150 valence electrons. The van der Waals surface area contributed by atoms with Crippen LogP contribution >= 0.6 is 22.9 Å². The molecule has 1 aliphatic carbocycles. The van der Waals surface area contributed by atoms with E-state index in [0.717, 1.165) is 53.0 Å². The molecule has 5 nitrogen and oxygen atoms in total. The lowest BCUT2D eigenvalue weighted by Gasteiger charge is -2.38. The van der Waals surface area contributed by atoms with Gasteiger partial charge in [-0.15, -0.1) is 11.3 Å². The van der Waals surface area contributed by atoms with Crippen molar-refractivity contribution in [2.75, 3.05) is 31.1 Å². The Hall–Kier alpha value is -2.31. The van der Waals surface area contributed by atoms with Crippen LogP contribution in [0.5, 0.6) is 0 Å². The Morgan fingerprint density at radius 2 is 1.97 bits per heavy atom. The number of rotatable bonds is 4. The second-order valence-corrected chi connectivity index (χ2v) is 9.23. The van der Waals surface area contributed by atoms with Gasteiger partial charge in [0.05, 0.1) is 16.0 Å². The first kappa shape index (κ1) is 18.7. The van der Waals surface area contributed by atoms with Gasteiger partial charge >= 0.3 is 0 Å². The van der Waals surface area contributed by atoms with Crippen molar-refractivity contribution in [1.29, 1.82) is 0 Å². The smallest absolute Gasteiger partial charge is 0.235 e. The van der Waals surface area contributed by atoms with Crippen LogP contribution in [0.2, 0.25) is 5.02 Å². The molecule has 0 bridgehead atoms. The van der Waals surface area contributed by atoms with Crippen molar-refractivity contribution in [2.45, 2.75) is 25.2 Å². The van der Waals surface area contributed by atoms with Crippen LogP contribution < -0.4 is 4.90 Å². The Morgan fingerprint density at radius 3 is 2.66 bits per heavy atom. The molecule has 2 aromatic heterocycles. The standard InChI is InChI=1S/C22H22ClN3O2S/c1-15-4-5-16(23)13-17(15)25-8-10-26(11-9-25)21(27)22(6-7-22)20-14-18(28-24-20)19-3-2-12-29-19/h2-5,12-14H,6-11H2,1H3.